The third kappa shape index (κ3) is 3.68. The molecule has 0 aliphatic carbocycles. The molecule has 0 aromatic carbocycles. The molecule has 0 heterocycles. The molecule has 0 radical (unpaired) electrons. The number of rotatable bonds is 2. The van der Waals surface area contributed by atoms with E-state index in [1.807, 2.05) is 38.1 Å². The molecule has 0 N–H and O–H groups in total. The molecule has 0 aliphatic rings. The average Bonchev–Trinajstić information content (AvgIpc) is 1.98. The summed E-state index contributed by atoms with van der Waals surface area (Å²) in [5.41, 5.74) is 1.06. The number of hydrogen-bond acceptors (Lipinski definition) is 1. The van der Waals surface area contributed by atoms with E-state index in [0.717, 1.165) is 5.57 Å². The van der Waals surface area contributed by atoms with E-state index < -0.39 is 0 Å². The van der Waals surface area contributed by atoms with Gasteiger partial charge in [0, 0.05) is 6.08 Å². The summed E-state index contributed by atoms with van der Waals surface area (Å²) in [7, 11) is 0. The van der Waals surface area contributed by atoms with Gasteiger partial charge in [-0.15, -0.1) is 0 Å². The summed E-state index contributed by atoms with van der Waals surface area (Å²) in [4.78, 5) is 0. The molecule has 0 fully saturated rings. The highest BCUT2D eigenvalue weighted by Crippen LogP contribution is 1.97. The molecular formula is C9H11N. The Kier molecular flexibility index (Phi) is 5.09. The second-order valence-corrected chi connectivity index (χ2v) is 1.75. The van der Waals surface area contributed by atoms with Crippen LogP contribution in [-0.4, -0.2) is 0 Å². The first kappa shape index (κ1) is 8.71. The van der Waals surface area contributed by atoms with Crippen LogP contribution in [0, 0.1) is 11.3 Å². The zero-order chi connectivity index (χ0) is 7.82. The zero-order valence-corrected chi connectivity index (χ0v) is 6.33. The largest absolute Gasteiger partial charge is 0.193 e. The molecule has 0 saturated carbocycles. The van der Waals surface area contributed by atoms with E-state index in [4.69, 9.17) is 5.26 Å². The van der Waals surface area contributed by atoms with E-state index in [9.17, 15) is 0 Å². The van der Waals surface area contributed by atoms with Gasteiger partial charge in [0.25, 0.3) is 0 Å². The quantitative estimate of drug-likeness (QED) is 0.419. The molecule has 0 amide bonds. The van der Waals surface area contributed by atoms with Crippen LogP contribution < -0.4 is 0 Å². The molecule has 10 heavy (non-hydrogen) atoms. The van der Waals surface area contributed by atoms with Crippen LogP contribution in [-0.2, 0) is 0 Å². The molecule has 0 aliphatic heterocycles. The first-order valence-electron chi connectivity index (χ1n) is 3.20. The smallest absolute Gasteiger partial charge is 0.0912 e. The van der Waals surface area contributed by atoms with E-state index in [1.165, 1.54) is 6.08 Å². The second-order valence-electron chi connectivity index (χ2n) is 1.75. The van der Waals surface area contributed by atoms with Crippen molar-refractivity contribution in [2.75, 3.05) is 0 Å². The molecule has 0 unspecified atom stereocenters. The Morgan fingerprint density at radius 2 is 2.00 bits per heavy atom. The summed E-state index contributed by atoms with van der Waals surface area (Å²) in [5, 5.41) is 8.19. The normalized spacial score (nSPS) is 12.7. The van der Waals surface area contributed by atoms with Crippen LogP contribution in [0.5, 0.6) is 0 Å². The Bertz CT molecular complexity index is 201. The molecule has 1 heteroatoms. The summed E-state index contributed by atoms with van der Waals surface area (Å²) in [6.45, 7) is 3.89. The third-order valence-electron chi connectivity index (χ3n) is 1.04. The van der Waals surface area contributed by atoms with Crippen molar-refractivity contribution in [3.8, 4) is 6.07 Å². The monoisotopic (exact) mass is 133 g/mol. The first-order chi connectivity index (χ1) is 4.85. The van der Waals surface area contributed by atoms with Crippen LogP contribution in [0.2, 0.25) is 0 Å². The molecule has 0 saturated heterocycles. The predicted molar refractivity (Wildman–Crippen MR) is 43.3 cm³/mol. The van der Waals surface area contributed by atoms with E-state index in [2.05, 4.69) is 0 Å². The van der Waals surface area contributed by atoms with Gasteiger partial charge >= 0.3 is 0 Å². The van der Waals surface area contributed by atoms with E-state index >= 15 is 0 Å². The van der Waals surface area contributed by atoms with Gasteiger partial charge in [-0.3, -0.25) is 0 Å². The van der Waals surface area contributed by atoms with Gasteiger partial charge in [0.2, 0.25) is 0 Å². The van der Waals surface area contributed by atoms with Gasteiger partial charge in [0.1, 0.15) is 0 Å². The van der Waals surface area contributed by atoms with Crippen LogP contribution in [0.25, 0.3) is 0 Å². The van der Waals surface area contributed by atoms with Crippen molar-refractivity contribution in [3.63, 3.8) is 0 Å². The summed E-state index contributed by atoms with van der Waals surface area (Å²) in [6.07, 6.45) is 9.09. The zero-order valence-electron chi connectivity index (χ0n) is 6.33. The van der Waals surface area contributed by atoms with Crippen LogP contribution >= 0.6 is 0 Å². The lowest BCUT2D eigenvalue weighted by atomic mass is 10.2. The molecule has 1 nitrogen and oxygen atoms in total. The summed E-state index contributed by atoms with van der Waals surface area (Å²) in [6, 6.07) is 1.94. The van der Waals surface area contributed by atoms with Gasteiger partial charge in [-0.25, -0.2) is 0 Å². The third-order valence-corrected chi connectivity index (χ3v) is 1.04. The Balaban J connectivity index is 4.14. The highest BCUT2D eigenvalue weighted by molar-refractivity contribution is 5.31. The Morgan fingerprint density at radius 1 is 1.30 bits per heavy atom. The van der Waals surface area contributed by atoms with E-state index in [-0.39, 0.29) is 0 Å². The molecule has 0 aromatic heterocycles. The van der Waals surface area contributed by atoms with E-state index in [1.54, 1.807) is 6.08 Å². The minimum atomic E-state index is 1.06. The van der Waals surface area contributed by atoms with Crippen molar-refractivity contribution in [1.29, 1.82) is 5.26 Å². The number of allylic oxidation sites excluding steroid dienone is 6. The lowest BCUT2D eigenvalue weighted by Gasteiger charge is -1.86. The molecule has 0 rings (SSSR count). The van der Waals surface area contributed by atoms with Gasteiger partial charge in [-0.1, -0.05) is 18.2 Å². The molecule has 0 aromatic rings. The molecule has 52 valence electrons. The fourth-order valence-electron chi connectivity index (χ4n) is 0.574. The van der Waals surface area contributed by atoms with Crippen molar-refractivity contribution in [1.82, 2.24) is 0 Å². The fraction of sp³-hybridized carbons (Fsp3) is 0.222. The minimum Gasteiger partial charge on any atom is -0.193 e. The standard InChI is InChI=1S/C9H11N/c1-3-6-9(4-2)7-5-8-10/h3-7H,1-2H3. The maximum absolute atomic E-state index is 8.19. The average molecular weight is 133 g/mol. The van der Waals surface area contributed by atoms with Crippen molar-refractivity contribution < 1.29 is 0 Å². The lowest BCUT2D eigenvalue weighted by Crippen LogP contribution is -1.66. The van der Waals surface area contributed by atoms with Crippen molar-refractivity contribution in [3.05, 3.63) is 36.0 Å². The summed E-state index contributed by atoms with van der Waals surface area (Å²) < 4.78 is 0. The second kappa shape index (κ2) is 5.84. The summed E-state index contributed by atoms with van der Waals surface area (Å²) >= 11 is 0. The SMILES string of the molecule is CC=CC(C=CC#N)=CC. The van der Waals surface area contributed by atoms with E-state index in [0.29, 0.717) is 0 Å². The van der Waals surface area contributed by atoms with Crippen LogP contribution in [0.4, 0.5) is 0 Å². The fourth-order valence-corrected chi connectivity index (χ4v) is 0.574. The number of nitriles is 1. The lowest BCUT2D eigenvalue weighted by molar-refractivity contribution is 1.52. The van der Waals surface area contributed by atoms with Crippen molar-refractivity contribution >= 4 is 0 Å². The highest BCUT2D eigenvalue weighted by Gasteiger charge is 1.78. The Hall–Kier alpha value is -1.29. The van der Waals surface area contributed by atoms with Crippen LogP contribution in [0.3, 0.4) is 0 Å². The van der Waals surface area contributed by atoms with Gasteiger partial charge in [0.15, 0.2) is 0 Å². The number of hydrogen-bond donors (Lipinski definition) is 0. The highest BCUT2D eigenvalue weighted by atomic mass is 14.2. The Labute approximate surface area is 62.0 Å². The van der Waals surface area contributed by atoms with Gasteiger partial charge in [0.05, 0.1) is 6.07 Å². The van der Waals surface area contributed by atoms with Crippen molar-refractivity contribution in [2.45, 2.75) is 13.8 Å². The maximum Gasteiger partial charge on any atom is 0.0912 e. The molecule has 0 spiro atoms. The van der Waals surface area contributed by atoms with Crippen LogP contribution in [0.15, 0.2) is 36.0 Å². The topological polar surface area (TPSA) is 23.8 Å². The molecular weight excluding hydrogens is 122 g/mol. The van der Waals surface area contributed by atoms with Crippen molar-refractivity contribution in [2.24, 2.45) is 0 Å². The Morgan fingerprint density at radius 3 is 2.40 bits per heavy atom. The molecule has 0 bridgehead atoms. The molecule has 0 atom stereocenters. The van der Waals surface area contributed by atoms with Crippen LogP contribution in [0.1, 0.15) is 13.8 Å². The predicted octanol–water partition coefficient (Wildman–Crippen LogP) is 2.59. The number of nitrogens with zero attached hydrogens (tertiary/aromatic N) is 1. The summed E-state index contributed by atoms with van der Waals surface area (Å²) in [5.74, 6) is 0. The van der Waals surface area contributed by atoms with Gasteiger partial charge < -0.3 is 0 Å². The minimum absolute atomic E-state index is 1.06. The first-order valence-corrected chi connectivity index (χ1v) is 3.20. The van der Waals surface area contributed by atoms with Gasteiger partial charge in [-0.05, 0) is 25.5 Å². The van der Waals surface area contributed by atoms with Gasteiger partial charge in [-0.2, -0.15) is 5.26 Å². The maximum atomic E-state index is 8.19.